The molecule has 0 bridgehead atoms. The van der Waals surface area contributed by atoms with E-state index in [2.05, 4.69) is 10.5 Å². The summed E-state index contributed by atoms with van der Waals surface area (Å²) in [6.07, 6.45) is 0. The van der Waals surface area contributed by atoms with Crippen LogP contribution in [0.25, 0.3) is 0 Å². The van der Waals surface area contributed by atoms with Gasteiger partial charge in [-0.2, -0.15) is 5.10 Å². The number of amides is 1. The fourth-order valence-electron chi connectivity index (χ4n) is 2.05. The Morgan fingerprint density at radius 2 is 1.96 bits per heavy atom. The van der Waals surface area contributed by atoms with Gasteiger partial charge in [-0.05, 0) is 38.1 Å². The van der Waals surface area contributed by atoms with Crippen molar-refractivity contribution in [3.05, 3.63) is 59.4 Å². The number of nitrogens with one attached hydrogen (secondary N) is 1. The van der Waals surface area contributed by atoms with Crippen molar-refractivity contribution in [2.75, 3.05) is 13.7 Å². The minimum Gasteiger partial charge on any atom is -0.496 e. The zero-order valence-corrected chi connectivity index (χ0v) is 13.8. The highest BCUT2D eigenvalue weighted by molar-refractivity contribution is 6.01. The van der Waals surface area contributed by atoms with E-state index >= 15 is 0 Å². The number of ether oxygens (including phenoxy) is 2. The summed E-state index contributed by atoms with van der Waals surface area (Å²) in [6.45, 7) is 3.38. The number of methoxy groups -OCH3 is 1. The van der Waals surface area contributed by atoms with Crippen LogP contribution in [0.2, 0.25) is 0 Å². The Balaban J connectivity index is 1.98. The van der Waals surface area contributed by atoms with Crippen molar-refractivity contribution in [2.45, 2.75) is 13.8 Å². The average molecular weight is 330 g/mol. The number of hydrogen-bond acceptors (Lipinski definition) is 4. The first-order chi connectivity index (χ1) is 11.5. The molecule has 0 unspecified atom stereocenters. The van der Waals surface area contributed by atoms with E-state index in [1.165, 1.54) is 12.1 Å². The Bertz CT molecular complexity index is 760. The molecule has 0 saturated carbocycles. The maximum absolute atomic E-state index is 13.4. The number of hydrazone groups is 1. The third kappa shape index (κ3) is 4.55. The van der Waals surface area contributed by atoms with E-state index in [0.717, 1.165) is 11.1 Å². The first-order valence-corrected chi connectivity index (χ1v) is 7.36. The standard InChI is InChI=1S/C18H19FN2O3/c1-12-8-9-16(23-3)14(10-12)13(2)20-21-18(22)11-24-17-7-5-4-6-15(17)19/h4-10H,11H2,1-3H3,(H,21,22)/b20-13-. The van der Waals surface area contributed by atoms with Crippen molar-refractivity contribution in [3.8, 4) is 11.5 Å². The number of aryl methyl sites for hydroxylation is 1. The van der Waals surface area contributed by atoms with Crippen LogP contribution >= 0.6 is 0 Å². The summed E-state index contributed by atoms with van der Waals surface area (Å²) in [5.41, 5.74) is 4.82. The van der Waals surface area contributed by atoms with Crippen LogP contribution in [-0.4, -0.2) is 25.3 Å². The van der Waals surface area contributed by atoms with Gasteiger partial charge in [-0.3, -0.25) is 4.79 Å². The van der Waals surface area contributed by atoms with E-state index in [0.29, 0.717) is 11.5 Å². The highest BCUT2D eigenvalue weighted by Gasteiger charge is 2.09. The van der Waals surface area contributed by atoms with Gasteiger partial charge in [0.05, 0.1) is 12.8 Å². The van der Waals surface area contributed by atoms with Crippen molar-refractivity contribution >= 4 is 11.6 Å². The second-order valence-electron chi connectivity index (χ2n) is 5.16. The SMILES string of the molecule is COc1ccc(C)cc1/C(C)=N\NC(=O)COc1ccccc1F. The molecule has 0 aliphatic carbocycles. The molecule has 2 aromatic carbocycles. The van der Waals surface area contributed by atoms with Crippen LogP contribution in [0.15, 0.2) is 47.6 Å². The molecule has 0 aliphatic heterocycles. The monoisotopic (exact) mass is 330 g/mol. The highest BCUT2D eigenvalue weighted by atomic mass is 19.1. The lowest BCUT2D eigenvalue weighted by atomic mass is 10.1. The Kier molecular flexibility index (Phi) is 5.89. The maximum Gasteiger partial charge on any atom is 0.277 e. The third-order valence-corrected chi connectivity index (χ3v) is 3.29. The van der Waals surface area contributed by atoms with Crippen molar-refractivity contribution in [3.63, 3.8) is 0 Å². The molecule has 24 heavy (non-hydrogen) atoms. The van der Waals surface area contributed by atoms with E-state index in [9.17, 15) is 9.18 Å². The number of halogens is 1. The highest BCUT2D eigenvalue weighted by Crippen LogP contribution is 2.20. The average Bonchev–Trinajstić information content (AvgIpc) is 2.59. The predicted octanol–water partition coefficient (Wildman–Crippen LogP) is 3.06. The van der Waals surface area contributed by atoms with Gasteiger partial charge in [0.25, 0.3) is 5.91 Å². The fourth-order valence-corrected chi connectivity index (χ4v) is 2.05. The molecule has 0 atom stereocenters. The van der Waals surface area contributed by atoms with Gasteiger partial charge in [-0.15, -0.1) is 0 Å². The number of para-hydroxylation sites is 1. The minimum absolute atomic E-state index is 0.0219. The molecule has 1 N–H and O–H groups in total. The molecule has 126 valence electrons. The first kappa shape index (κ1) is 17.5. The van der Waals surface area contributed by atoms with Gasteiger partial charge in [0.1, 0.15) is 5.75 Å². The Morgan fingerprint density at radius 3 is 2.67 bits per heavy atom. The zero-order chi connectivity index (χ0) is 17.5. The normalized spacial score (nSPS) is 11.1. The molecule has 0 aliphatic rings. The second-order valence-corrected chi connectivity index (χ2v) is 5.16. The lowest BCUT2D eigenvalue weighted by Gasteiger charge is -2.10. The Labute approximate surface area is 140 Å². The lowest BCUT2D eigenvalue weighted by Crippen LogP contribution is -2.25. The van der Waals surface area contributed by atoms with Gasteiger partial charge < -0.3 is 9.47 Å². The second kappa shape index (κ2) is 8.10. The van der Waals surface area contributed by atoms with Gasteiger partial charge >= 0.3 is 0 Å². The molecule has 2 aromatic rings. The smallest absolute Gasteiger partial charge is 0.277 e. The van der Waals surface area contributed by atoms with E-state index in [1.807, 2.05) is 25.1 Å². The summed E-state index contributed by atoms with van der Waals surface area (Å²) in [6, 6.07) is 11.6. The number of rotatable bonds is 6. The summed E-state index contributed by atoms with van der Waals surface area (Å²) in [7, 11) is 1.57. The number of carbonyl (C=O) groups excluding carboxylic acids is 1. The molecule has 0 saturated heterocycles. The number of carbonyl (C=O) groups is 1. The summed E-state index contributed by atoms with van der Waals surface area (Å²) in [5.74, 6) is -0.314. The molecular weight excluding hydrogens is 311 g/mol. The van der Waals surface area contributed by atoms with Crippen molar-refractivity contribution in [2.24, 2.45) is 5.10 Å². The predicted molar refractivity (Wildman–Crippen MR) is 90.0 cm³/mol. The number of hydrogen-bond donors (Lipinski definition) is 1. The third-order valence-electron chi connectivity index (χ3n) is 3.29. The molecule has 6 heteroatoms. The largest absolute Gasteiger partial charge is 0.496 e. The number of nitrogens with zero attached hydrogens (tertiary/aromatic N) is 1. The first-order valence-electron chi connectivity index (χ1n) is 7.36. The molecule has 2 rings (SSSR count). The quantitative estimate of drug-likeness (QED) is 0.654. The molecule has 0 heterocycles. The van der Waals surface area contributed by atoms with Gasteiger partial charge in [-0.25, -0.2) is 9.82 Å². The molecule has 1 amide bonds. The summed E-state index contributed by atoms with van der Waals surface area (Å²) in [4.78, 5) is 11.8. The molecule has 5 nitrogen and oxygen atoms in total. The summed E-state index contributed by atoms with van der Waals surface area (Å²) >= 11 is 0. The van der Waals surface area contributed by atoms with Crippen LogP contribution in [0.1, 0.15) is 18.1 Å². The zero-order valence-electron chi connectivity index (χ0n) is 13.8. The van der Waals surface area contributed by atoms with Gasteiger partial charge in [0.15, 0.2) is 18.2 Å². The fraction of sp³-hybridized carbons (Fsp3) is 0.222. The molecule has 0 spiro atoms. The summed E-state index contributed by atoms with van der Waals surface area (Å²) in [5, 5.41) is 4.04. The molecule has 0 fully saturated rings. The Hall–Kier alpha value is -2.89. The van der Waals surface area contributed by atoms with Crippen molar-refractivity contribution in [1.29, 1.82) is 0 Å². The topological polar surface area (TPSA) is 59.9 Å². The number of benzene rings is 2. The van der Waals surface area contributed by atoms with Crippen molar-refractivity contribution in [1.82, 2.24) is 5.43 Å². The maximum atomic E-state index is 13.4. The van der Waals surface area contributed by atoms with Crippen molar-refractivity contribution < 1.29 is 18.7 Å². The molecular formula is C18H19FN2O3. The van der Waals surface area contributed by atoms with Crippen LogP contribution < -0.4 is 14.9 Å². The van der Waals surface area contributed by atoms with E-state index in [1.54, 1.807) is 26.2 Å². The van der Waals surface area contributed by atoms with Gasteiger partial charge in [-0.1, -0.05) is 23.8 Å². The van der Waals surface area contributed by atoms with E-state index < -0.39 is 11.7 Å². The van der Waals surface area contributed by atoms with Gasteiger partial charge in [0, 0.05) is 5.56 Å². The molecule has 0 radical (unpaired) electrons. The van der Waals surface area contributed by atoms with Crippen LogP contribution in [-0.2, 0) is 4.79 Å². The summed E-state index contributed by atoms with van der Waals surface area (Å²) < 4.78 is 23.8. The van der Waals surface area contributed by atoms with Crippen LogP contribution in [0.3, 0.4) is 0 Å². The van der Waals surface area contributed by atoms with Crippen LogP contribution in [0.5, 0.6) is 11.5 Å². The van der Waals surface area contributed by atoms with E-state index in [-0.39, 0.29) is 12.4 Å². The minimum atomic E-state index is -0.519. The van der Waals surface area contributed by atoms with Crippen LogP contribution in [0.4, 0.5) is 4.39 Å². The Morgan fingerprint density at radius 1 is 1.21 bits per heavy atom. The van der Waals surface area contributed by atoms with Gasteiger partial charge in [0.2, 0.25) is 0 Å². The van der Waals surface area contributed by atoms with Crippen LogP contribution in [0, 0.1) is 12.7 Å². The lowest BCUT2D eigenvalue weighted by molar-refractivity contribution is -0.123. The molecule has 0 aromatic heterocycles. The van der Waals surface area contributed by atoms with E-state index in [4.69, 9.17) is 9.47 Å².